The Balaban J connectivity index is 1.59. The lowest BCUT2D eigenvalue weighted by Gasteiger charge is -2.56. The summed E-state index contributed by atoms with van der Waals surface area (Å²) in [5.41, 5.74) is 3.01. The van der Waals surface area contributed by atoms with E-state index in [-0.39, 0.29) is 11.3 Å². The number of likely N-dealkylation sites (tertiary alicyclic amines) is 1. The van der Waals surface area contributed by atoms with Crippen LogP contribution >= 0.6 is 0 Å². The van der Waals surface area contributed by atoms with Crippen LogP contribution < -0.4 is 10.1 Å². The zero-order valence-corrected chi connectivity index (χ0v) is 15.1. The number of methoxy groups -OCH3 is 1. The fraction of sp³-hybridized carbons (Fsp3) is 0.667. The number of piperidine rings is 1. The minimum Gasteiger partial charge on any atom is -0.497 e. The molecule has 4 heteroatoms. The molecule has 1 saturated carbocycles. The first-order chi connectivity index (χ1) is 12.2. The van der Waals surface area contributed by atoms with Crippen LogP contribution in [0.15, 0.2) is 18.2 Å². The van der Waals surface area contributed by atoms with Crippen molar-refractivity contribution in [2.24, 2.45) is 11.8 Å². The Morgan fingerprint density at radius 2 is 2.20 bits per heavy atom. The number of nitrogens with one attached hydrogen (secondary N) is 1. The van der Waals surface area contributed by atoms with Crippen LogP contribution in [0, 0.1) is 11.8 Å². The molecule has 4 aliphatic rings. The molecular weight excluding hydrogens is 312 g/mol. The van der Waals surface area contributed by atoms with Gasteiger partial charge in [0.1, 0.15) is 5.75 Å². The van der Waals surface area contributed by atoms with Gasteiger partial charge in [-0.3, -0.25) is 9.69 Å². The molecule has 3 atom stereocenters. The second kappa shape index (κ2) is 5.73. The van der Waals surface area contributed by atoms with Crippen LogP contribution in [0.1, 0.15) is 43.2 Å². The average Bonchev–Trinajstić information content (AvgIpc) is 3.45. The average molecular weight is 340 g/mol. The Labute approximate surface area is 149 Å². The van der Waals surface area contributed by atoms with Crippen LogP contribution in [0.5, 0.6) is 5.75 Å². The molecule has 134 valence electrons. The molecule has 1 N–H and O–H groups in total. The maximum Gasteiger partial charge on any atom is 0.220 e. The normalized spacial score (nSPS) is 34.5. The van der Waals surface area contributed by atoms with Gasteiger partial charge >= 0.3 is 0 Å². The van der Waals surface area contributed by atoms with E-state index in [9.17, 15) is 4.79 Å². The third-order valence-electron chi connectivity index (χ3n) is 7.24. The maximum absolute atomic E-state index is 12.2. The van der Waals surface area contributed by atoms with Gasteiger partial charge in [0.2, 0.25) is 5.91 Å². The summed E-state index contributed by atoms with van der Waals surface area (Å²) in [6.45, 7) is 3.23. The summed E-state index contributed by atoms with van der Waals surface area (Å²) in [4.78, 5) is 14.9. The van der Waals surface area contributed by atoms with E-state index in [1.165, 1.54) is 37.1 Å². The minimum absolute atomic E-state index is 0.0962. The Bertz CT molecular complexity index is 699. The van der Waals surface area contributed by atoms with E-state index in [0.717, 1.165) is 37.5 Å². The van der Waals surface area contributed by atoms with Crippen LogP contribution in [0.2, 0.25) is 0 Å². The predicted octanol–water partition coefficient (Wildman–Crippen LogP) is 2.50. The predicted molar refractivity (Wildman–Crippen MR) is 96.8 cm³/mol. The Morgan fingerprint density at radius 1 is 1.32 bits per heavy atom. The molecule has 2 saturated heterocycles. The number of amides is 1. The molecule has 2 heterocycles. The van der Waals surface area contributed by atoms with E-state index in [4.69, 9.17) is 4.74 Å². The molecule has 2 bridgehead atoms. The van der Waals surface area contributed by atoms with Crippen molar-refractivity contribution in [2.75, 3.05) is 26.7 Å². The summed E-state index contributed by atoms with van der Waals surface area (Å²) >= 11 is 0. The third kappa shape index (κ3) is 2.49. The molecule has 1 aromatic rings. The molecule has 0 unspecified atom stereocenters. The summed E-state index contributed by atoms with van der Waals surface area (Å²) in [6.07, 6.45) is 6.81. The largest absolute Gasteiger partial charge is 0.497 e. The lowest BCUT2D eigenvalue weighted by molar-refractivity contribution is -0.120. The Hall–Kier alpha value is -1.55. The summed E-state index contributed by atoms with van der Waals surface area (Å²) in [7, 11) is 1.75. The summed E-state index contributed by atoms with van der Waals surface area (Å²) in [6, 6.07) is 7.23. The van der Waals surface area contributed by atoms with Gasteiger partial charge in [-0.15, -0.1) is 0 Å². The van der Waals surface area contributed by atoms with Gasteiger partial charge in [-0.2, -0.15) is 0 Å². The van der Waals surface area contributed by atoms with Crippen molar-refractivity contribution >= 4 is 5.91 Å². The molecule has 1 aromatic carbocycles. The number of nitrogens with zero attached hydrogens (tertiary/aromatic N) is 1. The summed E-state index contributed by atoms with van der Waals surface area (Å²) in [5, 5.41) is 3.24. The van der Waals surface area contributed by atoms with Gasteiger partial charge in [0.25, 0.3) is 0 Å². The second-order valence-corrected chi connectivity index (χ2v) is 8.56. The number of benzene rings is 1. The molecule has 0 spiro atoms. The van der Waals surface area contributed by atoms with Crippen molar-refractivity contribution < 1.29 is 9.53 Å². The van der Waals surface area contributed by atoms with E-state index in [2.05, 4.69) is 28.4 Å². The summed E-state index contributed by atoms with van der Waals surface area (Å²) in [5.74, 6) is 2.68. The van der Waals surface area contributed by atoms with Gasteiger partial charge in [-0.05, 0) is 73.7 Å². The monoisotopic (exact) mass is 340 g/mol. The van der Waals surface area contributed by atoms with Gasteiger partial charge in [0.15, 0.2) is 0 Å². The lowest BCUT2D eigenvalue weighted by Crippen LogP contribution is -2.62. The van der Waals surface area contributed by atoms with Crippen LogP contribution in [0.25, 0.3) is 0 Å². The minimum atomic E-state index is 0.0962. The van der Waals surface area contributed by atoms with Gasteiger partial charge in [-0.1, -0.05) is 6.07 Å². The van der Waals surface area contributed by atoms with Crippen molar-refractivity contribution in [2.45, 2.75) is 50.0 Å². The Morgan fingerprint density at radius 3 is 3.00 bits per heavy atom. The van der Waals surface area contributed by atoms with Crippen molar-refractivity contribution in [3.63, 3.8) is 0 Å². The smallest absolute Gasteiger partial charge is 0.220 e. The van der Waals surface area contributed by atoms with Crippen LogP contribution in [-0.4, -0.2) is 43.6 Å². The van der Waals surface area contributed by atoms with Gasteiger partial charge in [0, 0.05) is 31.0 Å². The lowest BCUT2D eigenvalue weighted by atomic mass is 9.56. The zero-order chi connectivity index (χ0) is 17.0. The SMILES string of the molecule is COc1ccc2c(c1)[C@]13CCN(CC4CC4)[C@H](C2)[C@@H]1CCC(=O)NC3. The number of ether oxygens (including phenoxy) is 1. The van der Waals surface area contributed by atoms with E-state index in [0.29, 0.717) is 18.4 Å². The molecular formula is C21H28N2O2. The molecule has 1 amide bonds. The van der Waals surface area contributed by atoms with E-state index in [1.807, 2.05) is 0 Å². The number of fused-ring (bicyclic) bond motifs is 1. The molecule has 3 fully saturated rings. The molecule has 4 nitrogen and oxygen atoms in total. The number of hydrogen-bond donors (Lipinski definition) is 1. The van der Waals surface area contributed by atoms with Crippen molar-refractivity contribution in [1.29, 1.82) is 0 Å². The Kier molecular flexibility index (Phi) is 3.60. The quantitative estimate of drug-likeness (QED) is 0.919. The highest BCUT2D eigenvalue weighted by Gasteiger charge is 2.54. The first kappa shape index (κ1) is 15.7. The molecule has 5 rings (SSSR count). The number of rotatable bonds is 3. The highest BCUT2D eigenvalue weighted by molar-refractivity contribution is 5.76. The van der Waals surface area contributed by atoms with Gasteiger partial charge < -0.3 is 10.1 Å². The van der Waals surface area contributed by atoms with Crippen molar-refractivity contribution in [3.05, 3.63) is 29.3 Å². The first-order valence-corrected chi connectivity index (χ1v) is 9.88. The number of hydrogen-bond acceptors (Lipinski definition) is 3. The standard InChI is InChI=1S/C21H28N2O2/c1-25-16-5-4-15-10-19-17-6-7-20(24)22-13-21(17,18(15)11-16)8-9-23(19)12-14-2-3-14/h4-5,11,14,17,19H,2-3,6-10,12-13H2,1H3,(H,22,24)/t17-,19+,21-/m0/s1. The zero-order valence-electron chi connectivity index (χ0n) is 15.1. The van der Waals surface area contributed by atoms with E-state index < -0.39 is 0 Å². The van der Waals surface area contributed by atoms with Crippen LogP contribution in [0.3, 0.4) is 0 Å². The molecule has 0 aromatic heterocycles. The fourth-order valence-corrected chi connectivity index (χ4v) is 5.75. The van der Waals surface area contributed by atoms with Gasteiger partial charge in [-0.25, -0.2) is 0 Å². The molecule has 0 radical (unpaired) electrons. The van der Waals surface area contributed by atoms with Crippen molar-refractivity contribution in [1.82, 2.24) is 10.2 Å². The summed E-state index contributed by atoms with van der Waals surface area (Å²) < 4.78 is 5.53. The van der Waals surface area contributed by atoms with E-state index in [1.54, 1.807) is 7.11 Å². The van der Waals surface area contributed by atoms with Crippen LogP contribution in [0.4, 0.5) is 0 Å². The molecule has 25 heavy (non-hydrogen) atoms. The number of carbonyl (C=O) groups is 1. The number of carbonyl (C=O) groups excluding carboxylic acids is 1. The first-order valence-electron chi connectivity index (χ1n) is 9.88. The molecule has 2 aliphatic heterocycles. The second-order valence-electron chi connectivity index (χ2n) is 8.56. The fourth-order valence-electron chi connectivity index (χ4n) is 5.75. The maximum atomic E-state index is 12.2. The van der Waals surface area contributed by atoms with Gasteiger partial charge in [0.05, 0.1) is 7.11 Å². The van der Waals surface area contributed by atoms with E-state index >= 15 is 0 Å². The molecule has 2 aliphatic carbocycles. The topological polar surface area (TPSA) is 41.6 Å². The highest BCUT2D eigenvalue weighted by Crippen LogP contribution is 2.52. The third-order valence-corrected chi connectivity index (χ3v) is 7.24. The van der Waals surface area contributed by atoms with Crippen molar-refractivity contribution in [3.8, 4) is 5.75 Å². The highest BCUT2D eigenvalue weighted by atomic mass is 16.5. The van der Waals surface area contributed by atoms with Crippen LogP contribution in [-0.2, 0) is 16.6 Å².